The summed E-state index contributed by atoms with van der Waals surface area (Å²) < 4.78 is 35.2. The molecule has 1 nitrogen and oxygen atoms in total. The zero-order valence-corrected chi connectivity index (χ0v) is 19.6. The average Bonchev–Trinajstić information content (AvgIpc) is 2.82. The van der Waals surface area contributed by atoms with Gasteiger partial charge in [0, 0.05) is 12.2 Å². The van der Waals surface area contributed by atoms with Gasteiger partial charge in [0.15, 0.2) is 0 Å². The molecule has 2 aliphatic carbocycles. The SMILES string of the molecule is C=CCCc1ccc(C#Cc2ccc(C3CCC4CC(OCC)CCC4C3)c(F)c2)c(F)c1. The Labute approximate surface area is 197 Å². The standard InChI is InChI=1S/C30H34F2O/c1-3-5-6-21-7-10-23(29(31)17-21)11-8-22-9-16-28(30(32)18-22)26-13-12-25-20-27(33-4-2)15-14-24(25)19-26/h3,7,9-10,16-18,24-27H,1,4-6,12-15,19-20H2,2H3. The van der Waals surface area contributed by atoms with Crippen molar-refractivity contribution in [2.75, 3.05) is 6.61 Å². The fourth-order valence-electron chi connectivity index (χ4n) is 5.68. The largest absolute Gasteiger partial charge is 0.378 e. The molecule has 0 amide bonds. The molecule has 4 atom stereocenters. The molecular weight excluding hydrogens is 414 g/mol. The summed E-state index contributed by atoms with van der Waals surface area (Å²) >= 11 is 0. The molecular formula is C30H34F2O. The van der Waals surface area contributed by atoms with Gasteiger partial charge in [-0.1, -0.05) is 30.0 Å². The molecule has 0 saturated heterocycles. The highest BCUT2D eigenvalue weighted by atomic mass is 19.1. The first-order chi connectivity index (χ1) is 16.1. The highest BCUT2D eigenvalue weighted by Gasteiger charge is 2.36. The minimum Gasteiger partial charge on any atom is -0.378 e. The van der Waals surface area contributed by atoms with Gasteiger partial charge in [0.1, 0.15) is 11.6 Å². The number of benzene rings is 2. The number of hydrogen-bond acceptors (Lipinski definition) is 1. The second-order valence-electron chi connectivity index (χ2n) is 9.55. The lowest BCUT2D eigenvalue weighted by atomic mass is 9.65. The molecule has 2 aliphatic rings. The smallest absolute Gasteiger partial charge is 0.139 e. The lowest BCUT2D eigenvalue weighted by Crippen LogP contribution is -2.33. The Hall–Kier alpha value is -2.44. The normalized spacial score (nSPS) is 24.5. The molecule has 2 saturated carbocycles. The van der Waals surface area contributed by atoms with Crippen LogP contribution in [-0.4, -0.2) is 12.7 Å². The van der Waals surface area contributed by atoms with Gasteiger partial charge in [0.25, 0.3) is 0 Å². The Morgan fingerprint density at radius 1 is 0.970 bits per heavy atom. The number of aryl methyl sites for hydroxylation is 1. The summed E-state index contributed by atoms with van der Waals surface area (Å²) in [6, 6.07) is 10.4. The van der Waals surface area contributed by atoms with E-state index in [0.717, 1.165) is 68.6 Å². The van der Waals surface area contributed by atoms with Gasteiger partial charge < -0.3 is 4.74 Å². The third-order valence-electron chi connectivity index (χ3n) is 7.42. The highest BCUT2D eigenvalue weighted by molar-refractivity contribution is 5.45. The monoisotopic (exact) mass is 448 g/mol. The minimum absolute atomic E-state index is 0.187. The van der Waals surface area contributed by atoms with E-state index in [1.54, 1.807) is 6.07 Å². The van der Waals surface area contributed by atoms with Crippen LogP contribution in [0.25, 0.3) is 0 Å². The van der Waals surface area contributed by atoms with Crippen molar-refractivity contribution >= 4 is 0 Å². The summed E-state index contributed by atoms with van der Waals surface area (Å²) in [7, 11) is 0. The van der Waals surface area contributed by atoms with Crippen LogP contribution in [0.5, 0.6) is 0 Å². The lowest BCUT2D eigenvalue weighted by Gasteiger charge is -2.42. The van der Waals surface area contributed by atoms with Crippen LogP contribution in [0, 0.1) is 35.3 Å². The van der Waals surface area contributed by atoms with Crippen LogP contribution in [0.1, 0.15) is 80.0 Å². The third kappa shape index (κ3) is 5.92. The maximum atomic E-state index is 15.0. The summed E-state index contributed by atoms with van der Waals surface area (Å²) in [6.45, 7) is 6.55. The predicted octanol–water partition coefficient (Wildman–Crippen LogP) is 7.57. The first kappa shape index (κ1) is 23.7. The molecule has 33 heavy (non-hydrogen) atoms. The predicted molar refractivity (Wildman–Crippen MR) is 130 cm³/mol. The third-order valence-corrected chi connectivity index (χ3v) is 7.42. The Kier molecular flexibility index (Phi) is 7.99. The van der Waals surface area contributed by atoms with Crippen LogP contribution in [0.15, 0.2) is 49.1 Å². The molecule has 2 aromatic rings. The van der Waals surface area contributed by atoms with Crippen LogP contribution in [0.3, 0.4) is 0 Å². The molecule has 174 valence electrons. The van der Waals surface area contributed by atoms with Crippen LogP contribution in [0.4, 0.5) is 8.78 Å². The van der Waals surface area contributed by atoms with E-state index in [9.17, 15) is 4.39 Å². The Balaban J connectivity index is 1.41. The number of fused-ring (bicyclic) bond motifs is 1. The van der Waals surface area contributed by atoms with Crippen LogP contribution < -0.4 is 0 Å². The summed E-state index contributed by atoms with van der Waals surface area (Å²) in [6.07, 6.45) is 10.5. The molecule has 0 aromatic heterocycles. The van der Waals surface area contributed by atoms with Crippen LogP contribution >= 0.6 is 0 Å². The Morgan fingerprint density at radius 2 is 1.79 bits per heavy atom. The number of ether oxygens (including phenoxy) is 1. The van der Waals surface area contributed by atoms with Gasteiger partial charge in [-0.15, -0.1) is 6.58 Å². The van der Waals surface area contributed by atoms with E-state index >= 15 is 4.39 Å². The van der Waals surface area contributed by atoms with Gasteiger partial charge in [-0.3, -0.25) is 0 Å². The molecule has 2 aromatic carbocycles. The minimum atomic E-state index is -0.336. The van der Waals surface area contributed by atoms with Crippen molar-refractivity contribution in [2.45, 2.75) is 70.3 Å². The second-order valence-corrected chi connectivity index (χ2v) is 9.55. The highest BCUT2D eigenvalue weighted by Crippen LogP contribution is 2.47. The van der Waals surface area contributed by atoms with E-state index in [-0.39, 0.29) is 17.6 Å². The number of hydrogen-bond donors (Lipinski definition) is 0. The topological polar surface area (TPSA) is 9.23 Å². The van der Waals surface area contributed by atoms with Gasteiger partial charge in [-0.05, 0) is 111 Å². The molecule has 0 N–H and O–H groups in total. The zero-order valence-electron chi connectivity index (χ0n) is 19.6. The number of halogens is 2. The molecule has 4 rings (SSSR count). The molecule has 2 fully saturated rings. The number of allylic oxidation sites excluding steroid dienone is 1. The van der Waals surface area contributed by atoms with Gasteiger partial charge in [0.2, 0.25) is 0 Å². The summed E-state index contributed by atoms with van der Waals surface area (Å²) in [5.41, 5.74) is 2.65. The summed E-state index contributed by atoms with van der Waals surface area (Å²) in [5, 5.41) is 0. The van der Waals surface area contributed by atoms with Crippen molar-refractivity contribution < 1.29 is 13.5 Å². The van der Waals surface area contributed by atoms with E-state index in [4.69, 9.17) is 4.74 Å². The Bertz CT molecular complexity index is 1030. The van der Waals surface area contributed by atoms with Crippen LogP contribution in [0.2, 0.25) is 0 Å². The maximum absolute atomic E-state index is 15.0. The summed E-state index contributed by atoms with van der Waals surface area (Å²) in [5.74, 6) is 6.95. The van der Waals surface area contributed by atoms with E-state index in [2.05, 4.69) is 25.3 Å². The van der Waals surface area contributed by atoms with Gasteiger partial charge in [-0.25, -0.2) is 8.78 Å². The molecule has 4 unspecified atom stereocenters. The van der Waals surface area contributed by atoms with Crippen molar-refractivity contribution in [1.82, 2.24) is 0 Å². The number of rotatable bonds is 6. The van der Waals surface area contributed by atoms with E-state index in [0.29, 0.717) is 23.1 Å². The molecule has 0 aliphatic heterocycles. The van der Waals surface area contributed by atoms with Gasteiger partial charge in [-0.2, -0.15) is 0 Å². The molecule has 3 heteroatoms. The zero-order chi connectivity index (χ0) is 23.2. The lowest BCUT2D eigenvalue weighted by molar-refractivity contribution is -0.00968. The van der Waals surface area contributed by atoms with Gasteiger partial charge >= 0.3 is 0 Å². The first-order valence-corrected chi connectivity index (χ1v) is 12.4. The van der Waals surface area contributed by atoms with Crippen molar-refractivity contribution in [3.63, 3.8) is 0 Å². The van der Waals surface area contributed by atoms with Gasteiger partial charge in [0.05, 0.1) is 11.7 Å². The van der Waals surface area contributed by atoms with Crippen molar-refractivity contribution in [2.24, 2.45) is 11.8 Å². The van der Waals surface area contributed by atoms with Crippen molar-refractivity contribution in [1.29, 1.82) is 0 Å². The van der Waals surface area contributed by atoms with E-state index < -0.39 is 0 Å². The second kappa shape index (κ2) is 11.1. The fraction of sp³-hybridized carbons (Fsp3) is 0.467. The Morgan fingerprint density at radius 3 is 2.55 bits per heavy atom. The van der Waals surface area contributed by atoms with Crippen molar-refractivity contribution in [3.05, 3.63) is 82.9 Å². The fourth-order valence-corrected chi connectivity index (χ4v) is 5.68. The van der Waals surface area contributed by atoms with Crippen molar-refractivity contribution in [3.8, 4) is 11.8 Å². The molecule has 0 heterocycles. The quantitative estimate of drug-likeness (QED) is 0.327. The van der Waals surface area contributed by atoms with Crippen LogP contribution in [-0.2, 0) is 11.2 Å². The maximum Gasteiger partial charge on any atom is 0.139 e. The van der Waals surface area contributed by atoms with E-state index in [1.165, 1.54) is 18.6 Å². The average molecular weight is 449 g/mol. The molecule has 0 radical (unpaired) electrons. The molecule has 0 spiro atoms. The van der Waals surface area contributed by atoms with E-state index in [1.807, 2.05) is 24.3 Å². The first-order valence-electron chi connectivity index (χ1n) is 12.4. The summed E-state index contributed by atoms with van der Waals surface area (Å²) in [4.78, 5) is 0. The molecule has 0 bridgehead atoms.